The van der Waals surface area contributed by atoms with E-state index in [1.807, 2.05) is 0 Å². The van der Waals surface area contributed by atoms with Gasteiger partial charge in [-0.3, -0.25) is 4.39 Å². The third kappa shape index (κ3) is 1.65. The molecular weight excluding hydrogens is 119 g/mol. The Labute approximate surface area is 54.9 Å². The second-order valence-electron chi connectivity index (χ2n) is 2.95. The molecule has 0 aromatic rings. The van der Waals surface area contributed by atoms with E-state index in [0.29, 0.717) is 6.42 Å². The van der Waals surface area contributed by atoms with Crippen molar-refractivity contribution < 1.29 is 9.50 Å². The molecule has 1 fully saturated rings. The van der Waals surface area contributed by atoms with E-state index in [1.165, 1.54) is 0 Å². The van der Waals surface area contributed by atoms with Crippen LogP contribution in [0.15, 0.2) is 0 Å². The first kappa shape index (κ1) is 7.00. The Balaban J connectivity index is 2.10. The van der Waals surface area contributed by atoms with E-state index in [1.54, 1.807) is 0 Å². The molecule has 1 aliphatic rings. The number of halogens is 1. The molecule has 0 amide bonds. The van der Waals surface area contributed by atoms with Gasteiger partial charge in [-0.25, -0.2) is 0 Å². The molecule has 1 saturated carbocycles. The molecular formula is C7H13FO. The third-order valence-electron chi connectivity index (χ3n) is 2.13. The van der Waals surface area contributed by atoms with Crippen LogP contribution in [0, 0.1) is 5.41 Å². The van der Waals surface area contributed by atoms with Crippen LogP contribution in [0.3, 0.4) is 0 Å². The van der Waals surface area contributed by atoms with Gasteiger partial charge in [0.1, 0.15) is 0 Å². The molecule has 0 radical (unpaired) electrons. The molecule has 0 spiro atoms. The lowest BCUT2D eigenvalue weighted by Gasteiger charge is -2.07. The summed E-state index contributed by atoms with van der Waals surface area (Å²) in [6.07, 6.45) is 3.70. The first-order valence-electron chi connectivity index (χ1n) is 3.50. The largest absolute Gasteiger partial charge is 0.396 e. The van der Waals surface area contributed by atoms with Crippen LogP contribution in [-0.2, 0) is 0 Å². The van der Waals surface area contributed by atoms with Gasteiger partial charge in [0.05, 0.1) is 6.67 Å². The predicted molar refractivity (Wildman–Crippen MR) is 34.0 cm³/mol. The molecule has 1 N–H and O–H groups in total. The minimum absolute atomic E-state index is 0.159. The lowest BCUT2D eigenvalue weighted by atomic mass is 10.0. The fourth-order valence-electron chi connectivity index (χ4n) is 1.11. The van der Waals surface area contributed by atoms with Crippen LogP contribution in [-0.4, -0.2) is 18.4 Å². The number of rotatable bonds is 4. The number of hydrogen-bond donors (Lipinski definition) is 1. The van der Waals surface area contributed by atoms with Crippen LogP contribution < -0.4 is 0 Å². The summed E-state index contributed by atoms with van der Waals surface area (Å²) >= 11 is 0. The summed E-state index contributed by atoms with van der Waals surface area (Å²) in [5.74, 6) is 0. The Morgan fingerprint density at radius 3 is 2.44 bits per heavy atom. The first-order valence-corrected chi connectivity index (χ1v) is 3.50. The fourth-order valence-corrected chi connectivity index (χ4v) is 1.11. The molecule has 1 nitrogen and oxygen atoms in total. The van der Waals surface area contributed by atoms with Crippen molar-refractivity contribution >= 4 is 0 Å². The van der Waals surface area contributed by atoms with Crippen molar-refractivity contribution in [1.82, 2.24) is 0 Å². The molecule has 1 rings (SSSR count). The molecule has 9 heavy (non-hydrogen) atoms. The molecule has 0 bridgehead atoms. The van der Waals surface area contributed by atoms with Crippen LogP contribution >= 0.6 is 0 Å². The molecule has 0 aromatic heterocycles. The molecule has 0 saturated heterocycles. The monoisotopic (exact) mass is 132 g/mol. The summed E-state index contributed by atoms with van der Waals surface area (Å²) in [7, 11) is 0. The standard InChI is InChI=1S/C7H13FO/c8-5-1-2-7(6-9)3-4-7/h9H,1-6H2. The maximum absolute atomic E-state index is 11.6. The molecule has 0 aliphatic heterocycles. The Hall–Kier alpha value is -0.110. The number of hydrogen-bond acceptors (Lipinski definition) is 1. The highest BCUT2D eigenvalue weighted by Gasteiger charge is 2.40. The molecule has 1 aliphatic carbocycles. The van der Waals surface area contributed by atoms with Crippen molar-refractivity contribution in [3.8, 4) is 0 Å². The van der Waals surface area contributed by atoms with Crippen LogP contribution in [0.1, 0.15) is 25.7 Å². The van der Waals surface area contributed by atoms with Gasteiger partial charge >= 0.3 is 0 Å². The zero-order valence-electron chi connectivity index (χ0n) is 5.57. The SMILES string of the molecule is OCC1(CCCF)CC1. The van der Waals surface area contributed by atoms with E-state index >= 15 is 0 Å². The van der Waals surface area contributed by atoms with Gasteiger partial charge < -0.3 is 5.11 Å². The second-order valence-corrected chi connectivity index (χ2v) is 2.95. The van der Waals surface area contributed by atoms with Gasteiger partial charge in [-0.05, 0) is 31.1 Å². The minimum Gasteiger partial charge on any atom is -0.396 e. The summed E-state index contributed by atoms with van der Waals surface area (Å²) in [6, 6.07) is 0. The molecule has 0 atom stereocenters. The van der Waals surface area contributed by atoms with Crippen molar-refractivity contribution in [2.45, 2.75) is 25.7 Å². The third-order valence-corrected chi connectivity index (χ3v) is 2.13. The highest BCUT2D eigenvalue weighted by Crippen LogP contribution is 2.48. The fraction of sp³-hybridized carbons (Fsp3) is 1.00. The van der Waals surface area contributed by atoms with Gasteiger partial charge in [0.15, 0.2) is 0 Å². The topological polar surface area (TPSA) is 20.2 Å². The Morgan fingerprint density at radius 1 is 1.44 bits per heavy atom. The van der Waals surface area contributed by atoms with Crippen LogP contribution in [0.25, 0.3) is 0 Å². The molecule has 0 heterocycles. The number of aliphatic hydroxyl groups is 1. The minimum atomic E-state index is -0.234. The quantitative estimate of drug-likeness (QED) is 0.614. The second kappa shape index (κ2) is 2.65. The first-order chi connectivity index (χ1) is 4.33. The van der Waals surface area contributed by atoms with Crippen LogP contribution in [0.2, 0.25) is 0 Å². The molecule has 0 aromatic carbocycles. The van der Waals surface area contributed by atoms with Crippen molar-refractivity contribution in [2.24, 2.45) is 5.41 Å². The lowest BCUT2D eigenvalue weighted by molar-refractivity contribution is 0.197. The average molecular weight is 132 g/mol. The van der Waals surface area contributed by atoms with Crippen molar-refractivity contribution in [2.75, 3.05) is 13.3 Å². The summed E-state index contributed by atoms with van der Waals surface area (Å²) in [5.41, 5.74) is 0.159. The Morgan fingerprint density at radius 2 is 2.11 bits per heavy atom. The zero-order valence-corrected chi connectivity index (χ0v) is 5.57. The van der Waals surface area contributed by atoms with Crippen molar-refractivity contribution in [3.05, 3.63) is 0 Å². The van der Waals surface area contributed by atoms with Gasteiger partial charge in [0, 0.05) is 6.61 Å². The van der Waals surface area contributed by atoms with Gasteiger partial charge in [-0.1, -0.05) is 0 Å². The summed E-state index contributed by atoms with van der Waals surface area (Å²) < 4.78 is 11.6. The number of alkyl halides is 1. The Kier molecular flexibility index (Phi) is 2.06. The van der Waals surface area contributed by atoms with Gasteiger partial charge in [0.25, 0.3) is 0 Å². The van der Waals surface area contributed by atoms with E-state index < -0.39 is 0 Å². The van der Waals surface area contributed by atoms with Gasteiger partial charge in [0.2, 0.25) is 0 Å². The number of aliphatic hydroxyl groups excluding tert-OH is 1. The predicted octanol–water partition coefficient (Wildman–Crippen LogP) is 1.51. The summed E-state index contributed by atoms with van der Waals surface area (Å²) in [5, 5.41) is 8.76. The van der Waals surface area contributed by atoms with E-state index in [2.05, 4.69) is 0 Å². The summed E-state index contributed by atoms with van der Waals surface area (Å²) in [4.78, 5) is 0. The van der Waals surface area contributed by atoms with Crippen LogP contribution in [0.5, 0.6) is 0 Å². The zero-order chi connectivity index (χ0) is 6.74. The van der Waals surface area contributed by atoms with E-state index in [9.17, 15) is 4.39 Å². The lowest BCUT2D eigenvalue weighted by Crippen LogP contribution is -2.05. The highest BCUT2D eigenvalue weighted by molar-refractivity contribution is 4.91. The van der Waals surface area contributed by atoms with Gasteiger partial charge in [-0.2, -0.15) is 0 Å². The van der Waals surface area contributed by atoms with Crippen molar-refractivity contribution in [3.63, 3.8) is 0 Å². The molecule has 0 unspecified atom stereocenters. The normalized spacial score (nSPS) is 22.0. The molecule has 54 valence electrons. The maximum Gasteiger partial charge on any atom is 0.0894 e. The maximum atomic E-state index is 11.6. The van der Waals surface area contributed by atoms with E-state index in [0.717, 1.165) is 19.3 Å². The summed E-state index contributed by atoms with van der Waals surface area (Å²) in [6.45, 7) is 0.0226. The van der Waals surface area contributed by atoms with Crippen molar-refractivity contribution in [1.29, 1.82) is 0 Å². The van der Waals surface area contributed by atoms with E-state index in [-0.39, 0.29) is 18.7 Å². The van der Waals surface area contributed by atoms with Crippen LogP contribution in [0.4, 0.5) is 4.39 Å². The Bertz CT molecular complexity index is 88.9. The molecule has 2 heteroatoms. The average Bonchev–Trinajstić information content (AvgIpc) is 2.65. The highest BCUT2D eigenvalue weighted by atomic mass is 19.1. The van der Waals surface area contributed by atoms with Gasteiger partial charge in [-0.15, -0.1) is 0 Å². The van der Waals surface area contributed by atoms with E-state index in [4.69, 9.17) is 5.11 Å². The smallest absolute Gasteiger partial charge is 0.0894 e.